The number of halogens is 2. The molecule has 0 radical (unpaired) electrons. The molecule has 0 aliphatic heterocycles. The molecule has 0 saturated heterocycles. The van der Waals surface area contributed by atoms with E-state index in [0.29, 0.717) is 12.8 Å². The van der Waals surface area contributed by atoms with Crippen molar-refractivity contribution in [3.63, 3.8) is 0 Å². The molecular weight excluding hydrogens is 327 g/mol. The van der Waals surface area contributed by atoms with Crippen molar-refractivity contribution in [1.82, 2.24) is 0 Å². The maximum absolute atomic E-state index is 12.3. The van der Waals surface area contributed by atoms with Crippen LogP contribution in [0.3, 0.4) is 0 Å². The number of esters is 2. The van der Waals surface area contributed by atoms with Gasteiger partial charge in [-0.3, -0.25) is 0 Å². The minimum absolute atomic E-state index is 0.155. The Morgan fingerprint density at radius 3 is 1.50 bits per heavy atom. The zero-order valence-corrected chi connectivity index (χ0v) is 15.0. The van der Waals surface area contributed by atoms with Gasteiger partial charge in [-0.25, -0.2) is 9.59 Å². The first-order chi connectivity index (χ1) is 10.2. The fourth-order valence-electron chi connectivity index (χ4n) is 2.03. The van der Waals surface area contributed by atoms with Crippen molar-refractivity contribution >= 4 is 35.1 Å². The maximum atomic E-state index is 12.3. The summed E-state index contributed by atoms with van der Waals surface area (Å²) in [7, 11) is 0. The Labute approximate surface area is 142 Å². The topological polar surface area (TPSA) is 52.6 Å². The molecule has 126 valence electrons. The van der Waals surface area contributed by atoms with Crippen molar-refractivity contribution in [2.45, 2.75) is 51.3 Å². The van der Waals surface area contributed by atoms with Gasteiger partial charge in [0, 0.05) is 0 Å². The smallest absolute Gasteiger partial charge is 0.336 e. The van der Waals surface area contributed by atoms with Crippen LogP contribution in [0.2, 0.25) is 0 Å². The molecule has 1 aliphatic carbocycles. The van der Waals surface area contributed by atoms with Crippen LogP contribution in [0.1, 0.15) is 40.5 Å². The van der Waals surface area contributed by atoms with Gasteiger partial charge in [0.1, 0.15) is 0 Å². The van der Waals surface area contributed by atoms with Crippen molar-refractivity contribution in [2.24, 2.45) is 11.8 Å². The third-order valence-corrected chi connectivity index (χ3v) is 4.00. The minimum Gasteiger partial charge on any atom is -0.462 e. The van der Waals surface area contributed by atoms with E-state index < -0.39 is 22.7 Å². The standard InChI is InChI=1S/C16H24Cl2O4/c1-9(2)7-21-15(19)13-11(17)5-6-12(18)14(13)16(20)22-8-10(3)4/h9-12H,5-8H2,1-4H3. The Kier molecular flexibility index (Phi) is 7.70. The SMILES string of the molecule is CC(C)COC(=O)C1=C(C(=O)OCC(C)C)C(Cl)CCC1Cl. The molecule has 0 aromatic rings. The Morgan fingerprint density at radius 2 is 1.23 bits per heavy atom. The summed E-state index contributed by atoms with van der Waals surface area (Å²) in [5, 5.41) is -1.15. The maximum Gasteiger partial charge on any atom is 0.336 e. The highest BCUT2D eigenvalue weighted by Gasteiger charge is 2.37. The Balaban J connectivity index is 3.01. The van der Waals surface area contributed by atoms with Crippen LogP contribution in [-0.2, 0) is 19.1 Å². The van der Waals surface area contributed by atoms with Gasteiger partial charge in [0.05, 0.1) is 35.1 Å². The summed E-state index contributed by atoms with van der Waals surface area (Å²) in [5.41, 5.74) is 0.310. The summed E-state index contributed by atoms with van der Waals surface area (Å²) in [6, 6.07) is 0. The van der Waals surface area contributed by atoms with Gasteiger partial charge in [-0.05, 0) is 24.7 Å². The lowest BCUT2D eigenvalue weighted by Gasteiger charge is -2.26. The second-order valence-corrected chi connectivity index (χ2v) is 7.38. The molecule has 4 nitrogen and oxygen atoms in total. The highest BCUT2D eigenvalue weighted by atomic mass is 35.5. The summed E-state index contributed by atoms with van der Waals surface area (Å²) in [6.45, 7) is 8.28. The van der Waals surface area contributed by atoms with E-state index in [2.05, 4.69) is 0 Å². The molecule has 2 unspecified atom stereocenters. The molecular formula is C16H24Cl2O4. The molecule has 0 spiro atoms. The minimum atomic E-state index is -0.574. The van der Waals surface area contributed by atoms with Crippen molar-refractivity contribution < 1.29 is 19.1 Å². The third-order valence-electron chi connectivity index (χ3n) is 3.13. The van der Waals surface area contributed by atoms with E-state index in [-0.39, 0.29) is 36.2 Å². The molecule has 0 fully saturated rings. The van der Waals surface area contributed by atoms with Crippen molar-refractivity contribution in [3.8, 4) is 0 Å². The predicted octanol–water partition coefficient (Wildman–Crippen LogP) is 3.69. The summed E-state index contributed by atoms with van der Waals surface area (Å²) in [4.78, 5) is 24.6. The van der Waals surface area contributed by atoms with E-state index in [0.717, 1.165) is 0 Å². The molecule has 0 amide bonds. The number of rotatable bonds is 6. The predicted molar refractivity (Wildman–Crippen MR) is 87.1 cm³/mol. The fraction of sp³-hybridized carbons (Fsp3) is 0.750. The third kappa shape index (κ3) is 5.47. The molecule has 0 saturated carbocycles. The van der Waals surface area contributed by atoms with Crippen LogP contribution in [0, 0.1) is 11.8 Å². The molecule has 0 aromatic heterocycles. The van der Waals surface area contributed by atoms with Crippen LogP contribution in [0.15, 0.2) is 11.1 Å². The van der Waals surface area contributed by atoms with Crippen LogP contribution < -0.4 is 0 Å². The Bertz CT molecular complexity index is 403. The summed E-state index contributed by atoms with van der Waals surface area (Å²) < 4.78 is 10.4. The number of alkyl halides is 2. The van der Waals surface area contributed by atoms with E-state index in [4.69, 9.17) is 32.7 Å². The van der Waals surface area contributed by atoms with Crippen LogP contribution in [-0.4, -0.2) is 35.9 Å². The van der Waals surface area contributed by atoms with E-state index in [9.17, 15) is 9.59 Å². The Morgan fingerprint density at radius 1 is 0.909 bits per heavy atom. The van der Waals surface area contributed by atoms with Crippen molar-refractivity contribution in [3.05, 3.63) is 11.1 Å². The fourth-order valence-corrected chi connectivity index (χ4v) is 2.70. The van der Waals surface area contributed by atoms with Crippen LogP contribution in [0.4, 0.5) is 0 Å². The van der Waals surface area contributed by atoms with Crippen LogP contribution in [0.25, 0.3) is 0 Å². The summed E-state index contributed by atoms with van der Waals surface area (Å²) in [5.74, 6) is -0.749. The lowest BCUT2D eigenvalue weighted by atomic mass is 9.90. The lowest BCUT2D eigenvalue weighted by molar-refractivity contribution is -0.143. The number of hydrogen-bond donors (Lipinski definition) is 0. The van der Waals surface area contributed by atoms with Gasteiger partial charge in [0.25, 0.3) is 0 Å². The molecule has 0 aromatic carbocycles. The van der Waals surface area contributed by atoms with Crippen LogP contribution in [0.5, 0.6) is 0 Å². The largest absolute Gasteiger partial charge is 0.462 e. The van der Waals surface area contributed by atoms with Gasteiger partial charge in [0.2, 0.25) is 0 Å². The first-order valence-corrected chi connectivity index (χ1v) is 8.47. The van der Waals surface area contributed by atoms with Gasteiger partial charge < -0.3 is 9.47 Å². The van der Waals surface area contributed by atoms with E-state index in [1.54, 1.807) is 0 Å². The first-order valence-electron chi connectivity index (χ1n) is 7.60. The van der Waals surface area contributed by atoms with E-state index >= 15 is 0 Å². The monoisotopic (exact) mass is 350 g/mol. The zero-order valence-electron chi connectivity index (χ0n) is 13.5. The summed E-state index contributed by atoms with van der Waals surface area (Å²) >= 11 is 12.5. The molecule has 6 heteroatoms. The number of ether oxygens (including phenoxy) is 2. The molecule has 0 bridgehead atoms. The first kappa shape index (κ1) is 19.3. The molecule has 0 heterocycles. The average molecular weight is 351 g/mol. The highest BCUT2D eigenvalue weighted by Crippen LogP contribution is 2.34. The van der Waals surface area contributed by atoms with Gasteiger partial charge >= 0.3 is 11.9 Å². The van der Waals surface area contributed by atoms with Gasteiger partial charge in [0.15, 0.2) is 0 Å². The van der Waals surface area contributed by atoms with Gasteiger partial charge in [-0.15, -0.1) is 23.2 Å². The number of carbonyl (C=O) groups excluding carboxylic acids is 2. The summed E-state index contributed by atoms with van der Waals surface area (Å²) in [6.07, 6.45) is 1.06. The lowest BCUT2D eigenvalue weighted by Crippen LogP contribution is -2.32. The zero-order chi connectivity index (χ0) is 16.9. The molecule has 1 aliphatic rings. The van der Waals surface area contributed by atoms with E-state index in [1.807, 2.05) is 27.7 Å². The normalized spacial score (nSPS) is 22.2. The number of hydrogen-bond acceptors (Lipinski definition) is 4. The Hall–Kier alpha value is -0.740. The molecule has 22 heavy (non-hydrogen) atoms. The average Bonchev–Trinajstić information content (AvgIpc) is 2.44. The van der Waals surface area contributed by atoms with Gasteiger partial charge in [-0.1, -0.05) is 27.7 Å². The number of carbonyl (C=O) groups is 2. The molecule has 2 atom stereocenters. The highest BCUT2D eigenvalue weighted by molar-refractivity contribution is 6.30. The van der Waals surface area contributed by atoms with Gasteiger partial charge in [-0.2, -0.15) is 0 Å². The second kappa shape index (κ2) is 8.78. The quantitative estimate of drug-likeness (QED) is 0.541. The van der Waals surface area contributed by atoms with Crippen molar-refractivity contribution in [2.75, 3.05) is 13.2 Å². The van der Waals surface area contributed by atoms with E-state index in [1.165, 1.54) is 0 Å². The molecule has 1 rings (SSSR count). The second-order valence-electron chi connectivity index (χ2n) is 6.32. The van der Waals surface area contributed by atoms with Crippen LogP contribution >= 0.6 is 23.2 Å². The molecule has 0 N–H and O–H groups in total. The van der Waals surface area contributed by atoms with Crippen molar-refractivity contribution in [1.29, 1.82) is 0 Å².